The van der Waals surface area contributed by atoms with Crippen LogP contribution in [0.25, 0.3) is 11.5 Å². The molecular weight excluding hydrogens is 377 g/mol. The third kappa shape index (κ3) is 6.19. The number of benzene rings is 1. The van der Waals surface area contributed by atoms with Gasteiger partial charge in [-0.15, -0.1) is 18.3 Å². The topological polar surface area (TPSA) is 91.5 Å². The minimum atomic E-state index is -5.00. The Bertz CT molecular complexity index is 726. The molecule has 1 saturated heterocycles. The summed E-state index contributed by atoms with van der Waals surface area (Å²) in [4.78, 5) is 13.8. The van der Waals surface area contributed by atoms with E-state index in [9.17, 15) is 18.0 Å². The molecule has 7 nitrogen and oxygen atoms in total. The van der Waals surface area contributed by atoms with Crippen LogP contribution in [0.15, 0.2) is 28.7 Å². The largest absolute Gasteiger partial charge is 0.519 e. The molecule has 0 unspecified atom stereocenters. The Morgan fingerprint density at radius 1 is 1.31 bits per heavy atom. The quantitative estimate of drug-likeness (QED) is 0.831. The third-order valence-corrected chi connectivity index (χ3v) is 3.65. The molecule has 2 heterocycles. The van der Waals surface area contributed by atoms with Crippen molar-refractivity contribution in [2.24, 2.45) is 0 Å². The molecule has 0 radical (unpaired) electrons. The van der Waals surface area contributed by atoms with Gasteiger partial charge in [-0.1, -0.05) is 16.7 Å². The van der Waals surface area contributed by atoms with Gasteiger partial charge in [0.15, 0.2) is 0 Å². The number of likely N-dealkylation sites (tertiary alicyclic amines) is 1. The Morgan fingerprint density at radius 3 is 2.38 bits per heavy atom. The fourth-order valence-corrected chi connectivity index (χ4v) is 2.17. The second kappa shape index (κ2) is 8.37. The van der Waals surface area contributed by atoms with E-state index in [2.05, 4.69) is 15.5 Å². The lowest BCUT2D eigenvalue weighted by Crippen LogP contribution is -2.48. The first kappa shape index (κ1) is 20.0. The number of carbonyl (C=O) groups is 1. The van der Waals surface area contributed by atoms with Gasteiger partial charge in [-0.3, -0.25) is 4.79 Å². The van der Waals surface area contributed by atoms with Crippen LogP contribution < -0.4 is 5.32 Å². The van der Waals surface area contributed by atoms with E-state index in [1.54, 1.807) is 36.1 Å². The third-order valence-electron chi connectivity index (χ3n) is 3.39. The van der Waals surface area contributed by atoms with Crippen LogP contribution in [-0.2, 0) is 4.79 Å². The van der Waals surface area contributed by atoms with Crippen molar-refractivity contribution in [3.8, 4) is 11.5 Å². The number of hydrogen-bond donors (Lipinski definition) is 2. The molecule has 0 bridgehead atoms. The first-order chi connectivity index (χ1) is 12.1. The highest BCUT2D eigenvalue weighted by Gasteiger charge is 2.26. The maximum atomic E-state index is 12.0. The summed E-state index contributed by atoms with van der Waals surface area (Å²) >= 11 is 5.84. The van der Waals surface area contributed by atoms with Crippen molar-refractivity contribution in [3.05, 3.63) is 29.3 Å². The number of rotatable bonds is 4. The zero-order chi connectivity index (χ0) is 19.3. The molecule has 26 heavy (non-hydrogen) atoms. The van der Waals surface area contributed by atoms with Crippen molar-refractivity contribution in [1.29, 1.82) is 0 Å². The second-order valence-electron chi connectivity index (χ2n) is 5.43. The molecular formula is C15H16ClF3N4O3. The van der Waals surface area contributed by atoms with E-state index in [0.717, 1.165) is 25.1 Å². The lowest BCUT2D eigenvalue weighted by molar-refractivity contribution is -0.295. The van der Waals surface area contributed by atoms with Crippen LogP contribution in [0.4, 0.5) is 19.2 Å². The van der Waals surface area contributed by atoms with E-state index in [-0.39, 0.29) is 18.0 Å². The number of nitrogens with one attached hydrogen (secondary N) is 1. The number of aliphatic hydroxyl groups is 1. The smallest absolute Gasteiger partial charge is 0.403 e. The predicted octanol–water partition coefficient (Wildman–Crippen LogP) is 2.92. The lowest BCUT2D eigenvalue weighted by atomic mass is 10.2. The fraction of sp³-hybridized carbons (Fsp3) is 0.400. The van der Waals surface area contributed by atoms with E-state index >= 15 is 0 Å². The maximum absolute atomic E-state index is 12.0. The number of halogens is 4. The van der Waals surface area contributed by atoms with Crippen molar-refractivity contribution in [2.75, 3.05) is 18.4 Å². The lowest BCUT2D eigenvalue weighted by Gasteiger charge is -2.33. The number of anilines is 1. The molecule has 142 valence electrons. The first-order valence-electron chi connectivity index (χ1n) is 7.57. The number of nitrogens with zero attached hydrogens (tertiary/aromatic N) is 3. The summed E-state index contributed by atoms with van der Waals surface area (Å²) in [6.07, 6.45) is -3.93. The molecule has 3 rings (SSSR count). The summed E-state index contributed by atoms with van der Waals surface area (Å²) in [6.45, 7) is 3.43. The molecule has 1 aromatic heterocycles. The molecule has 2 aromatic rings. The SMILES string of the molecule is C[C@@H](Nc1nnc(-c2ccc(Cl)cc2)o1)C(=O)N1CCC1.OC(F)(F)F. The standard InChI is InChI=1S/C14H15ClN4O2.CHF3O/c1-9(13(20)19-7-2-8-19)16-14-18-17-12(21-14)10-3-5-11(15)6-4-10;2-1(3,4)5/h3-6,9H,2,7-8H2,1H3,(H,16,18);5H/t9-;/m1./s1. The number of carbonyl (C=O) groups excluding carboxylic acids is 1. The number of amides is 1. The molecule has 1 fully saturated rings. The summed E-state index contributed by atoms with van der Waals surface area (Å²) < 4.78 is 35.2. The van der Waals surface area contributed by atoms with Crippen molar-refractivity contribution < 1.29 is 27.5 Å². The Morgan fingerprint density at radius 2 is 1.88 bits per heavy atom. The van der Waals surface area contributed by atoms with Gasteiger partial charge in [-0.25, -0.2) is 0 Å². The Balaban J connectivity index is 0.000000431. The van der Waals surface area contributed by atoms with Crippen LogP contribution in [0.3, 0.4) is 0 Å². The highest BCUT2D eigenvalue weighted by Crippen LogP contribution is 2.22. The van der Waals surface area contributed by atoms with E-state index in [0.29, 0.717) is 10.9 Å². The zero-order valence-electron chi connectivity index (χ0n) is 13.6. The van der Waals surface area contributed by atoms with Crippen molar-refractivity contribution in [1.82, 2.24) is 15.1 Å². The van der Waals surface area contributed by atoms with Crippen LogP contribution in [0, 0.1) is 0 Å². The monoisotopic (exact) mass is 392 g/mol. The molecule has 1 amide bonds. The van der Waals surface area contributed by atoms with Gasteiger partial charge < -0.3 is 19.7 Å². The summed E-state index contributed by atoms with van der Waals surface area (Å²) in [6, 6.07) is 6.96. The zero-order valence-corrected chi connectivity index (χ0v) is 14.4. The molecule has 0 spiro atoms. The first-order valence-corrected chi connectivity index (χ1v) is 7.95. The van der Waals surface area contributed by atoms with Gasteiger partial charge in [0, 0.05) is 23.7 Å². The van der Waals surface area contributed by atoms with Crippen molar-refractivity contribution in [2.45, 2.75) is 25.7 Å². The minimum absolute atomic E-state index is 0.0486. The summed E-state index contributed by atoms with van der Waals surface area (Å²) in [5.41, 5.74) is 0.779. The van der Waals surface area contributed by atoms with E-state index in [1.165, 1.54) is 0 Å². The average molecular weight is 393 g/mol. The Kier molecular flexibility index (Phi) is 6.43. The normalized spacial score (nSPS) is 14.8. The van der Waals surface area contributed by atoms with E-state index < -0.39 is 6.36 Å². The van der Waals surface area contributed by atoms with E-state index in [1.807, 2.05) is 0 Å². The number of aromatic nitrogens is 2. The van der Waals surface area contributed by atoms with Crippen LogP contribution >= 0.6 is 11.6 Å². The average Bonchev–Trinajstić information content (AvgIpc) is 2.93. The van der Waals surface area contributed by atoms with Gasteiger partial charge in [-0.05, 0) is 37.6 Å². The molecule has 1 aromatic carbocycles. The Labute approximate surface area is 151 Å². The van der Waals surface area contributed by atoms with Crippen LogP contribution in [0.5, 0.6) is 0 Å². The fourth-order valence-electron chi connectivity index (χ4n) is 2.05. The molecule has 1 aliphatic heterocycles. The molecule has 2 N–H and O–H groups in total. The van der Waals surface area contributed by atoms with Crippen LogP contribution in [-0.4, -0.2) is 51.6 Å². The molecule has 0 aliphatic carbocycles. The number of alkyl halides is 3. The van der Waals surface area contributed by atoms with Gasteiger partial charge in [0.2, 0.25) is 11.8 Å². The van der Waals surface area contributed by atoms with Crippen LogP contribution in [0.1, 0.15) is 13.3 Å². The van der Waals surface area contributed by atoms with Gasteiger partial charge in [-0.2, -0.15) is 0 Å². The van der Waals surface area contributed by atoms with Gasteiger partial charge in [0.05, 0.1) is 0 Å². The Hall–Kier alpha value is -2.33. The van der Waals surface area contributed by atoms with E-state index in [4.69, 9.17) is 21.1 Å². The minimum Gasteiger partial charge on any atom is -0.403 e. The highest BCUT2D eigenvalue weighted by atomic mass is 35.5. The highest BCUT2D eigenvalue weighted by molar-refractivity contribution is 6.30. The molecule has 11 heteroatoms. The number of hydrogen-bond acceptors (Lipinski definition) is 6. The molecule has 1 atom stereocenters. The summed E-state index contributed by atoms with van der Waals surface area (Å²) in [5, 5.41) is 18.0. The second-order valence-corrected chi connectivity index (χ2v) is 5.87. The van der Waals surface area contributed by atoms with Crippen molar-refractivity contribution >= 4 is 23.5 Å². The molecule has 0 saturated carbocycles. The predicted molar refractivity (Wildman–Crippen MR) is 87.3 cm³/mol. The summed E-state index contributed by atoms with van der Waals surface area (Å²) in [5.74, 6) is 0.435. The van der Waals surface area contributed by atoms with Crippen molar-refractivity contribution in [3.63, 3.8) is 0 Å². The summed E-state index contributed by atoms with van der Waals surface area (Å²) in [7, 11) is 0. The maximum Gasteiger partial charge on any atom is 0.519 e. The van der Waals surface area contributed by atoms with Gasteiger partial charge >= 0.3 is 12.4 Å². The van der Waals surface area contributed by atoms with Gasteiger partial charge in [0.1, 0.15) is 6.04 Å². The molecule has 1 aliphatic rings. The van der Waals surface area contributed by atoms with Gasteiger partial charge in [0.25, 0.3) is 0 Å². The van der Waals surface area contributed by atoms with Crippen LogP contribution in [0.2, 0.25) is 5.02 Å².